The summed E-state index contributed by atoms with van der Waals surface area (Å²) in [5, 5.41) is 15.2. The molecule has 1 aromatic heterocycles. The van der Waals surface area contributed by atoms with Gasteiger partial charge in [0, 0.05) is 31.4 Å². The minimum Gasteiger partial charge on any atom is -0.494 e. The number of benzene rings is 2. The lowest BCUT2D eigenvalue weighted by Crippen LogP contribution is -2.21. The highest BCUT2D eigenvalue weighted by Crippen LogP contribution is 2.29. The first kappa shape index (κ1) is 21.1. The van der Waals surface area contributed by atoms with Gasteiger partial charge in [0.25, 0.3) is 0 Å². The maximum Gasteiger partial charge on any atom is 0.248 e. The van der Waals surface area contributed by atoms with Crippen molar-refractivity contribution in [3.8, 4) is 22.9 Å². The van der Waals surface area contributed by atoms with Crippen LogP contribution in [-0.2, 0) is 11.3 Å². The van der Waals surface area contributed by atoms with Crippen LogP contribution in [0.2, 0.25) is 0 Å². The Morgan fingerprint density at radius 3 is 2.47 bits per heavy atom. The number of hydrogen-bond donors (Lipinski definition) is 1. The monoisotopic (exact) mass is 410 g/mol. The van der Waals surface area contributed by atoms with E-state index in [-0.39, 0.29) is 12.5 Å². The summed E-state index contributed by atoms with van der Waals surface area (Å²) in [6.45, 7) is 4.72. The average Bonchev–Trinajstić information content (AvgIpc) is 3.18. The van der Waals surface area contributed by atoms with Crippen LogP contribution in [0.15, 0.2) is 42.5 Å². The lowest BCUT2D eigenvalue weighted by molar-refractivity contribution is -0.117. The van der Waals surface area contributed by atoms with Gasteiger partial charge in [-0.25, -0.2) is 0 Å². The molecular weight excluding hydrogens is 384 g/mol. The number of anilines is 2. The highest BCUT2D eigenvalue weighted by molar-refractivity contribution is 5.92. The molecule has 0 saturated carbocycles. The van der Waals surface area contributed by atoms with Crippen molar-refractivity contribution < 1.29 is 14.3 Å². The second-order valence-corrected chi connectivity index (χ2v) is 6.66. The Bertz CT molecular complexity index is 985. The van der Waals surface area contributed by atoms with Crippen LogP contribution in [0, 0.1) is 0 Å². The van der Waals surface area contributed by atoms with E-state index in [0.29, 0.717) is 36.2 Å². The Labute approximate surface area is 175 Å². The molecule has 3 rings (SSSR count). The van der Waals surface area contributed by atoms with E-state index in [1.54, 1.807) is 18.2 Å². The summed E-state index contributed by atoms with van der Waals surface area (Å²) in [5.41, 5.74) is 2.44. The largest absolute Gasteiger partial charge is 0.494 e. The molecule has 0 atom stereocenters. The molecule has 158 valence electrons. The van der Waals surface area contributed by atoms with Crippen molar-refractivity contribution in [1.82, 2.24) is 20.2 Å². The topological polar surface area (TPSA) is 94.4 Å². The minimum atomic E-state index is -0.295. The molecule has 1 amide bonds. The van der Waals surface area contributed by atoms with E-state index in [2.05, 4.69) is 20.7 Å². The van der Waals surface area contributed by atoms with Gasteiger partial charge >= 0.3 is 0 Å². The quantitative estimate of drug-likeness (QED) is 0.580. The van der Waals surface area contributed by atoms with Gasteiger partial charge in [-0.15, -0.1) is 10.2 Å². The van der Waals surface area contributed by atoms with Gasteiger partial charge in [0.2, 0.25) is 11.7 Å². The number of amides is 1. The summed E-state index contributed by atoms with van der Waals surface area (Å²) < 4.78 is 11.1. The van der Waals surface area contributed by atoms with E-state index >= 15 is 0 Å². The zero-order chi connectivity index (χ0) is 21.5. The second kappa shape index (κ2) is 9.73. The van der Waals surface area contributed by atoms with Crippen molar-refractivity contribution in [1.29, 1.82) is 0 Å². The fraction of sp³-hybridized carbons (Fsp3) is 0.333. The smallest absolute Gasteiger partial charge is 0.248 e. The first-order valence-corrected chi connectivity index (χ1v) is 9.75. The third-order valence-electron chi connectivity index (χ3n) is 4.22. The predicted octanol–water partition coefficient (Wildman–Crippen LogP) is 2.84. The van der Waals surface area contributed by atoms with E-state index in [9.17, 15) is 4.79 Å². The molecule has 1 heterocycles. The van der Waals surface area contributed by atoms with Gasteiger partial charge in [0.15, 0.2) is 0 Å². The molecule has 0 fully saturated rings. The molecule has 0 unspecified atom stereocenters. The third-order valence-corrected chi connectivity index (χ3v) is 4.22. The van der Waals surface area contributed by atoms with E-state index in [1.165, 1.54) is 4.80 Å². The Hall–Kier alpha value is -3.62. The summed E-state index contributed by atoms with van der Waals surface area (Å²) in [6.07, 6.45) is 0. The molecule has 0 radical (unpaired) electrons. The third kappa shape index (κ3) is 5.25. The second-order valence-electron chi connectivity index (χ2n) is 6.66. The fourth-order valence-corrected chi connectivity index (χ4v) is 2.80. The van der Waals surface area contributed by atoms with E-state index in [0.717, 1.165) is 11.3 Å². The molecule has 2 aromatic carbocycles. The minimum absolute atomic E-state index is 0.0762. The molecule has 9 nitrogen and oxygen atoms in total. The summed E-state index contributed by atoms with van der Waals surface area (Å²) in [6, 6.07) is 13.1. The van der Waals surface area contributed by atoms with Crippen LogP contribution in [0.5, 0.6) is 11.5 Å². The van der Waals surface area contributed by atoms with Gasteiger partial charge in [-0.3, -0.25) is 4.79 Å². The molecule has 9 heteroatoms. The number of nitrogens with one attached hydrogen (secondary N) is 1. The van der Waals surface area contributed by atoms with E-state index < -0.39 is 0 Å². The van der Waals surface area contributed by atoms with E-state index in [1.807, 2.05) is 57.1 Å². The van der Waals surface area contributed by atoms with Gasteiger partial charge < -0.3 is 19.7 Å². The molecule has 0 aliphatic heterocycles. The van der Waals surface area contributed by atoms with Gasteiger partial charge in [-0.05, 0) is 55.5 Å². The van der Waals surface area contributed by atoms with Crippen LogP contribution in [0.3, 0.4) is 0 Å². The lowest BCUT2D eigenvalue weighted by Gasteiger charge is -2.13. The van der Waals surface area contributed by atoms with Crippen LogP contribution in [0.1, 0.15) is 13.8 Å². The molecule has 0 aliphatic rings. The molecule has 0 bridgehead atoms. The fourth-order valence-electron chi connectivity index (χ4n) is 2.80. The summed E-state index contributed by atoms with van der Waals surface area (Å²) >= 11 is 0. The zero-order valence-electron chi connectivity index (χ0n) is 17.6. The number of nitrogens with zero attached hydrogens (tertiary/aromatic N) is 5. The van der Waals surface area contributed by atoms with Crippen molar-refractivity contribution in [3.05, 3.63) is 42.5 Å². The molecule has 30 heavy (non-hydrogen) atoms. The highest BCUT2D eigenvalue weighted by atomic mass is 16.5. The maximum absolute atomic E-state index is 12.5. The van der Waals surface area contributed by atoms with Gasteiger partial charge in [0.1, 0.15) is 18.0 Å². The first-order valence-electron chi connectivity index (χ1n) is 9.75. The van der Waals surface area contributed by atoms with Crippen LogP contribution in [0.25, 0.3) is 11.4 Å². The van der Waals surface area contributed by atoms with Crippen molar-refractivity contribution in [2.75, 3.05) is 37.5 Å². The number of hydrogen-bond acceptors (Lipinski definition) is 7. The van der Waals surface area contributed by atoms with Crippen LogP contribution < -0.4 is 19.7 Å². The zero-order valence-corrected chi connectivity index (χ0v) is 17.6. The number of rotatable bonds is 9. The van der Waals surface area contributed by atoms with Gasteiger partial charge in [0.05, 0.1) is 18.9 Å². The summed E-state index contributed by atoms with van der Waals surface area (Å²) in [5.74, 6) is 1.39. The van der Waals surface area contributed by atoms with Crippen LogP contribution >= 0.6 is 0 Å². The predicted molar refractivity (Wildman–Crippen MR) is 115 cm³/mol. The van der Waals surface area contributed by atoms with Gasteiger partial charge in [-0.1, -0.05) is 0 Å². The number of aromatic nitrogens is 4. The molecule has 0 saturated heterocycles. The van der Waals surface area contributed by atoms with Crippen LogP contribution in [-0.4, -0.2) is 53.4 Å². The molecular formula is C21H26N6O3. The number of ether oxygens (including phenoxy) is 2. The number of carbonyl (C=O) groups is 1. The Balaban J connectivity index is 1.69. The van der Waals surface area contributed by atoms with Crippen LogP contribution in [0.4, 0.5) is 11.4 Å². The van der Waals surface area contributed by atoms with Crippen molar-refractivity contribution >= 4 is 17.3 Å². The lowest BCUT2D eigenvalue weighted by atomic mass is 10.2. The molecule has 1 N–H and O–H groups in total. The molecule has 0 aliphatic carbocycles. The first-order chi connectivity index (χ1) is 14.5. The van der Waals surface area contributed by atoms with Crippen molar-refractivity contribution in [2.45, 2.75) is 20.4 Å². The van der Waals surface area contributed by atoms with E-state index in [4.69, 9.17) is 9.47 Å². The van der Waals surface area contributed by atoms with Crippen molar-refractivity contribution in [2.24, 2.45) is 0 Å². The Kier molecular flexibility index (Phi) is 6.84. The normalized spacial score (nSPS) is 10.5. The standard InChI is InChI=1S/C21H26N6O3/c1-5-29-17-11-12-19(30-6-2)18(13-17)22-20(28)14-27-24-21(23-25-27)15-7-9-16(10-8-15)26(3)4/h7-13H,5-6,14H2,1-4H3,(H,22,28). The Morgan fingerprint density at radius 1 is 1.07 bits per heavy atom. The maximum atomic E-state index is 12.5. The van der Waals surface area contributed by atoms with Gasteiger partial charge in [-0.2, -0.15) is 4.80 Å². The Morgan fingerprint density at radius 2 is 1.80 bits per heavy atom. The highest BCUT2D eigenvalue weighted by Gasteiger charge is 2.13. The summed E-state index contributed by atoms with van der Waals surface area (Å²) in [4.78, 5) is 15.8. The van der Waals surface area contributed by atoms with Crippen molar-refractivity contribution in [3.63, 3.8) is 0 Å². The SMILES string of the molecule is CCOc1ccc(OCC)c(NC(=O)Cn2nnc(-c3ccc(N(C)C)cc3)n2)c1. The molecule has 3 aromatic rings. The number of carbonyl (C=O) groups excluding carboxylic acids is 1. The average molecular weight is 410 g/mol. The summed E-state index contributed by atoms with van der Waals surface area (Å²) in [7, 11) is 3.95. The molecule has 0 spiro atoms. The number of tetrazole rings is 1.